The molecule has 0 aliphatic carbocycles. The second kappa shape index (κ2) is 7.93. The number of carbonyl (C=O) groups is 1. The van der Waals surface area contributed by atoms with Crippen LogP contribution in [0, 0.1) is 0 Å². The van der Waals surface area contributed by atoms with Gasteiger partial charge >= 0.3 is 5.97 Å². The van der Waals surface area contributed by atoms with Gasteiger partial charge in [0.2, 0.25) is 5.76 Å². The van der Waals surface area contributed by atoms with E-state index in [1.54, 1.807) is 13.1 Å². The summed E-state index contributed by atoms with van der Waals surface area (Å²) < 4.78 is 4.68. The molecule has 0 atom stereocenters. The molecule has 0 spiro atoms. The van der Waals surface area contributed by atoms with Crippen LogP contribution in [0.1, 0.15) is 23.9 Å². The molecule has 0 saturated heterocycles. The van der Waals surface area contributed by atoms with E-state index in [0.29, 0.717) is 5.69 Å². The van der Waals surface area contributed by atoms with Crippen LogP contribution in [-0.4, -0.2) is 27.7 Å². The predicted molar refractivity (Wildman–Crippen MR) is 83.1 cm³/mol. The van der Waals surface area contributed by atoms with E-state index < -0.39 is 11.7 Å². The van der Waals surface area contributed by atoms with Crippen molar-refractivity contribution in [3.63, 3.8) is 0 Å². The number of hydrogen-bond donors (Lipinski definition) is 1. The van der Waals surface area contributed by atoms with Crippen LogP contribution in [0.3, 0.4) is 0 Å². The molecule has 114 valence electrons. The lowest BCUT2D eigenvalue weighted by molar-refractivity contribution is -0.141. The van der Waals surface area contributed by atoms with E-state index in [2.05, 4.69) is 26.8 Å². The molecule has 0 bridgehead atoms. The number of benzene rings is 1. The number of aliphatic hydroxyl groups excluding tert-OH is 1. The Labute approximate surface area is 129 Å². The van der Waals surface area contributed by atoms with Gasteiger partial charge in [-0.2, -0.15) is 0 Å². The fourth-order valence-electron chi connectivity index (χ4n) is 1.89. The highest BCUT2D eigenvalue weighted by Crippen LogP contribution is 2.07. The summed E-state index contributed by atoms with van der Waals surface area (Å²) in [5, 5.41) is 9.54. The van der Waals surface area contributed by atoms with Gasteiger partial charge in [0.1, 0.15) is 0 Å². The molecule has 5 nitrogen and oxygen atoms in total. The minimum atomic E-state index is -0.766. The molecule has 2 aromatic rings. The molecule has 0 unspecified atom stereocenters. The molecule has 22 heavy (non-hydrogen) atoms. The maximum Gasteiger partial charge on any atom is 0.373 e. The van der Waals surface area contributed by atoms with Crippen LogP contribution in [0.25, 0.3) is 6.08 Å². The minimum absolute atomic E-state index is 0.209. The van der Waals surface area contributed by atoms with Crippen LogP contribution >= 0.6 is 0 Å². The van der Waals surface area contributed by atoms with Crippen molar-refractivity contribution in [1.82, 2.24) is 9.97 Å². The second-order valence-electron chi connectivity index (χ2n) is 4.67. The standard InChI is InChI=1S/C17H18N2O3/c1-2-22-17(21)16(20)10-15-12-18-14(11-19-15)9-8-13-6-4-3-5-7-13/h3-7,10-12,20H,2,8-9H2,1H3. The van der Waals surface area contributed by atoms with E-state index in [0.717, 1.165) is 18.5 Å². The van der Waals surface area contributed by atoms with E-state index in [-0.39, 0.29) is 6.61 Å². The Balaban J connectivity index is 1.95. The summed E-state index contributed by atoms with van der Waals surface area (Å²) in [5.74, 6) is -1.24. The lowest BCUT2D eigenvalue weighted by atomic mass is 10.1. The summed E-state index contributed by atoms with van der Waals surface area (Å²) in [4.78, 5) is 19.7. The third-order valence-electron chi connectivity index (χ3n) is 3.01. The highest BCUT2D eigenvalue weighted by molar-refractivity contribution is 5.90. The fraction of sp³-hybridized carbons (Fsp3) is 0.235. The molecule has 0 amide bonds. The highest BCUT2D eigenvalue weighted by atomic mass is 16.5. The van der Waals surface area contributed by atoms with Gasteiger partial charge in [-0.1, -0.05) is 30.3 Å². The number of aromatic nitrogens is 2. The fourth-order valence-corrected chi connectivity index (χ4v) is 1.89. The van der Waals surface area contributed by atoms with Gasteiger partial charge in [0, 0.05) is 12.3 Å². The largest absolute Gasteiger partial charge is 0.502 e. The molecule has 2 rings (SSSR count). The Kier molecular flexibility index (Phi) is 5.65. The monoisotopic (exact) mass is 298 g/mol. The number of esters is 1. The zero-order valence-corrected chi connectivity index (χ0v) is 12.4. The van der Waals surface area contributed by atoms with Gasteiger partial charge in [0.05, 0.1) is 24.2 Å². The van der Waals surface area contributed by atoms with Crippen molar-refractivity contribution in [2.24, 2.45) is 0 Å². The first kappa shape index (κ1) is 15.7. The zero-order valence-electron chi connectivity index (χ0n) is 12.4. The molecule has 1 aromatic carbocycles. The number of rotatable bonds is 6. The zero-order chi connectivity index (χ0) is 15.8. The summed E-state index contributed by atoms with van der Waals surface area (Å²) in [6, 6.07) is 10.1. The van der Waals surface area contributed by atoms with E-state index in [4.69, 9.17) is 0 Å². The lowest BCUT2D eigenvalue weighted by Crippen LogP contribution is -2.07. The molecule has 0 aliphatic heterocycles. The number of ether oxygens (including phenoxy) is 1. The summed E-state index contributed by atoms with van der Waals surface area (Å²) in [6.45, 7) is 1.88. The topological polar surface area (TPSA) is 72.3 Å². The Morgan fingerprint density at radius 2 is 1.95 bits per heavy atom. The Hall–Kier alpha value is -2.69. The molecule has 5 heteroatoms. The van der Waals surface area contributed by atoms with Crippen molar-refractivity contribution in [2.75, 3.05) is 6.61 Å². The number of hydrogen-bond acceptors (Lipinski definition) is 5. The molecular formula is C17H18N2O3. The van der Waals surface area contributed by atoms with E-state index in [1.165, 1.54) is 17.8 Å². The van der Waals surface area contributed by atoms with Crippen LogP contribution in [0.2, 0.25) is 0 Å². The van der Waals surface area contributed by atoms with Crippen LogP contribution in [0.15, 0.2) is 48.5 Å². The number of aliphatic hydroxyl groups is 1. The van der Waals surface area contributed by atoms with Crippen molar-refractivity contribution >= 4 is 12.0 Å². The van der Waals surface area contributed by atoms with Crippen molar-refractivity contribution in [2.45, 2.75) is 19.8 Å². The molecular weight excluding hydrogens is 280 g/mol. The van der Waals surface area contributed by atoms with Crippen LogP contribution in [0.5, 0.6) is 0 Å². The molecule has 0 aliphatic rings. The van der Waals surface area contributed by atoms with Crippen molar-refractivity contribution in [3.8, 4) is 0 Å². The minimum Gasteiger partial charge on any atom is -0.502 e. The Morgan fingerprint density at radius 3 is 2.59 bits per heavy atom. The van der Waals surface area contributed by atoms with Crippen molar-refractivity contribution in [3.05, 3.63) is 65.4 Å². The average Bonchev–Trinajstić information content (AvgIpc) is 2.55. The van der Waals surface area contributed by atoms with Gasteiger partial charge in [-0.3, -0.25) is 9.97 Å². The second-order valence-corrected chi connectivity index (χ2v) is 4.67. The summed E-state index contributed by atoms with van der Waals surface area (Å²) in [6.07, 6.45) is 6.08. The molecule has 0 fully saturated rings. The average molecular weight is 298 g/mol. The molecule has 1 N–H and O–H groups in total. The molecule has 0 saturated carbocycles. The van der Waals surface area contributed by atoms with Crippen LogP contribution < -0.4 is 0 Å². The van der Waals surface area contributed by atoms with Gasteiger partial charge in [0.15, 0.2) is 0 Å². The van der Waals surface area contributed by atoms with Crippen LogP contribution in [-0.2, 0) is 22.4 Å². The number of nitrogens with zero attached hydrogens (tertiary/aromatic N) is 2. The van der Waals surface area contributed by atoms with E-state index in [1.807, 2.05) is 18.2 Å². The number of carbonyl (C=O) groups excluding carboxylic acids is 1. The third kappa shape index (κ3) is 4.70. The molecule has 1 aromatic heterocycles. The molecule has 0 radical (unpaired) electrons. The lowest BCUT2D eigenvalue weighted by Gasteiger charge is -2.02. The Morgan fingerprint density at radius 1 is 1.18 bits per heavy atom. The summed E-state index contributed by atoms with van der Waals surface area (Å²) >= 11 is 0. The summed E-state index contributed by atoms with van der Waals surface area (Å²) in [7, 11) is 0. The highest BCUT2D eigenvalue weighted by Gasteiger charge is 2.08. The molecule has 1 heterocycles. The van der Waals surface area contributed by atoms with Gasteiger partial charge in [-0.15, -0.1) is 0 Å². The van der Waals surface area contributed by atoms with Crippen LogP contribution in [0.4, 0.5) is 0 Å². The predicted octanol–water partition coefficient (Wildman–Crippen LogP) is 2.72. The van der Waals surface area contributed by atoms with Crippen molar-refractivity contribution < 1.29 is 14.6 Å². The first-order valence-electron chi connectivity index (χ1n) is 7.11. The van der Waals surface area contributed by atoms with Gasteiger partial charge < -0.3 is 9.84 Å². The summed E-state index contributed by atoms with van der Waals surface area (Å²) in [5.41, 5.74) is 2.51. The number of aryl methyl sites for hydroxylation is 2. The van der Waals surface area contributed by atoms with E-state index >= 15 is 0 Å². The van der Waals surface area contributed by atoms with Gasteiger partial charge in [0.25, 0.3) is 0 Å². The maximum atomic E-state index is 11.3. The first-order chi connectivity index (χ1) is 10.7. The SMILES string of the molecule is CCOC(=O)C(O)=Cc1cnc(CCc2ccccc2)cn1. The van der Waals surface area contributed by atoms with Crippen molar-refractivity contribution in [1.29, 1.82) is 0 Å². The normalized spacial score (nSPS) is 11.2. The quantitative estimate of drug-likeness (QED) is 0.504. The van der Waals surface area contributed by atoms with E-state index in [9.17, 15) is 9.90 Å². The first-order valence-corrected chi connectivity index (χ1v) is 7.11. The maximum absolute atomic E-state index is 11.3. The van der Waals surface area contributed by atoms with Gasteiger partial charge in [-0.05, 0) is 25.3 Å². The Bertz CT molecular complexity index is 637. The third-order valence-corrected chi connectivity index (χ3v) is 3.01. The smallest absolute Gasteiger partial charge is 0.373 e. The van der Waals surface area contributed by atoms with Gasteiger partial charge in [-0.25, -0.2) is 4.79 Å².